The molecule has 0 bridgehead atoms. The van der Waals surface area contributed by atoms with E-state index in [1.165, 1.54) is 32.1 Å². The number of amides is 2. The fourth-order valence-electron chi connectivity index (χ4n) is 2.58. The topological polar surface area (TPSA) is 64.6 Å². The van der Waals surface area contributed by atoms with Crippen molar-refractivity contribution in [3.63, 3.8) is 0 Å². The number of aliphatic hydroxyl groups is 1. The van der Waals surface area contributed by atoms with Gasteiger partial charge in [-0.05, 0) is 39.3 Å². The van der Waals surface area contributed by atoms with Crippen molar-refractivity contribution in [1.29, 1.82) is 0 Å². The van der Waals surface area contributed by atoms with E-state index in [-0.39, 0.29) is 12.6 Å². The van der Waals surface area contributed by atoms with Gasteiger partial charge in [-0.2, -0.15) is 0 Å². The monoisotopic (exact) mass is 271 g/mol. The summed E-state index contributed by atoms with van der Waals surface area (Å²) < 4.78 is 0. The molecule has 1 aliphatic carbocycles. The van der Waals surface area contributed by atoms with Crippen molar-refractivity contribution >= 4 is 6.03 Å². The Bertz CT molecular complexity index is 243. The molecule has 1 fully saturated rings. The zero-order valence-corrected chi connectivity index (χ0v) is 12.2. The summed E-state index contributed by atoms with van der Waals surface area (Å²) in [4.78, 5) is 13.8. The summed E-state index contributed by atoms with van der Waals surface area (Å²) in [5.74, 6) is 0. The van der Waals surface area contributed by atoms with Gasteiger partial charge in [-0.3, -0.25) is 0 Å². The Balaban J connectivity index is 1.98. The van der Waals surface area contributed by atoms with E-state index >= 15 is 0 Å². The number of nitrogens with one attached hydrogen (secondary N) is 2. The number of rotatable bonds is 8. The fourth-order valence-corrected chi connectivity index (χ4v) is 2.58. The van der Waals surface area contributed by atoms with Crippen LogP contribution < -0.4 is 10.6 Å². The summed E-state index contributed by atoms with van der Waals surface area (Å²) >= 11 is 0. The van der Waals surface area contributed by atoms with Gasteiger partial charge in [0, 0.05) is 25.7 Å². The van der Waals surface area contributed by atoms with Crippen molar-refractivity contribution in [1.82, 2.24) is 15.5 Å². The van der Waals surface area contributed by atoms with Gasteiger partial charge in [-0.15, -0.1) is 0 Å². The SMILES string of the molecule is CN(CCCNC(=O)NCCCO)C1CCCCC1. The highest BCUT2D eigenvalue weighted by Crippen LogP contribution is 2.21. The molecule has 0 aromatic rings. The average molecular weight is 271 g/mol. The van der Waals surface area contributed by atoms with Crippen LogP contribution in [0.2, 0.25) is 0 Å². The molecule has 1 aliphatic rings. The summed E-state index contributed by atoms with van der Waals surface area (Å²) in [6, 6.07) is 0.612. The van der Waals surface area contributed by atoms with Gasteiger partial charge in [0.15, 0.2) is 0 Å². The molecule has 0 aromatic heterocycles. The first-order valence-corrected chi connectivity index (χ1v) is 7.57. The third kappa shape index (κ3) is 7.38. The second-order valence-electron chi connectivity index (χ2n) is 5.39. The van der Waals surface area contributed by atoms with E-state index in [0.29, 0.717) is 19.5 Å². The average Bonchev–Trinajstić information content (AvgIpc) is 2.44. The first-order valence-electron chi connectivity index (χ1n) is 7.57. The van der Waals surface area contributed by atoms with Gasteiger partial charge in [0.25, 0.3) is 0 Å². The first-order chi connectivity index (χ1) is 9.24. The second-order valence-corrected chi connectivity index (χ2v) is 5.39. The van der Waals surface area contributed by atoms with Crippen LogP contribution in [0.5, 0.6) is 0 Å². The number of hydrogen-bond acceptors (Lipinski definition) is 3. The molecule has 3 N–H and O–H groups in total. The highest BCUT2D eigenvalue weighted by molar-refractivity contribution is 5.73. The number of carbonyl (C=O) groups is 1. The van der Waals surface area contributed by atoms with E-state index in [1.54, 1.807) is 0 Å². The molecule has 1 rings (SSSR count). The van der Waals surface area contributed by atoms with Crippen molar-refractivity contribution in [2.24, 2.45) is 0 Å². The second kappa shape index (κ2) is 10.0. The molecule has 19 heavy (non-hydrogen) atoms. The van der Waals surface area contributed by atoms with Gasteiger partial charge in [-0.25, -0.2) is 4.79 Å². The summed E-state index contributed by atoms with van der Waals surface area (Å²) in [6.45, 7) is 2.40. The summed E-state index contributed by atoms with van der Waals surface area (Å²) in [6.07, 6.45) is 8.36. The maximum atomic E-state index is 11.3. The van der Waals surface area contributed by atoms with Gasteiger partial charge in [0.2, 0.25) is 0 Å². The minimum Gasteiger partial charge on any atom is -0.396 e. The third-order valence-corrected chi connectivity index (χ3v) is 3.79. The van der Waals surface area contributed by atoms with Crippen LogP contribution in [0.3, 0.4) is 0 Å². The Morgan fingerprint density at radius 3 is 2.42 bits per heavy atom. The molecule has 0 radical (unpaired) electrons. The van der Waals surface area contributed by atoms with E-state index in [4.69, 9.17) is 5.11 Å². The Morgan fingerprint density at radius 2 is 1.79 bits per heavy atom. The predicted octanol–water partition coefficient (Wildman–Crippen LogP) is 1.32. The number of nitrogens with zero attached hydrogens (tertiary/aromatic N) is 1. The van der Waals surface area contributed by atoms with Crippen molar-refractivity contribution in [3.05, 3.63) is 0 Å². The Morgan fingerprint density at radius 1 is 1.16 bits per heavy atom. The van der Waals surface area contributed by atoms with Crippen molar-refractivity contribution in [2.45, 2.75) is 51.0 Å². The molecule has 0 atom stereocenters. The molecule has 5 heteroatoms. The Labute approximate surface area is 116 Å². The Hall–Kier alpha value is -0.810. The molecule has 0 heterocycles. The number of hydrogen-bond donors (Lipinski definition) is 3. The number of aliphatic hydroxyl groups excluding tert-OH is 1. The highest BCUT2D eigenvalue weighted by atomic mass is 16.3. The summed E-state index contributed by atoms with van der Waals surface area (Å²) in [5.41, 5.74) is 0. The van der Waals surface area contributed by atoms with Crippen LogP contribution in [0.1, 0.15) is 44.9 Å². The van der Waals surface area contributed by atoms with Crippen molar-refractivity contribution in [3.8, 4) is 0 Å². The summed E-state index contributed by atoms with van der Waals surface area (Å²) in [7, 11) is 2.19. The zero-order chi connectivity index (χ0) is 13.9. The molecular formula is C14H29N3O2. The standard InChI is InChI=1S/C14H29N3O2/c1-17(13-7-3-2-4-8-13)11-5-9-15-14(19)16-10-6-12-18/h13,18H,2-12H2,1H3,(H2,15,16,19). The lowest BCUT2D eigenvalue weighted by Crippen LogP contribution is -2.39. The lowest BCUT2D eigenvalue weighted by Gasteiger charge is -2.31. The third-order valence-electron chi connectivity index (χ3n) is 3.79. The van der Waals surface area contributed by atoms with E-state index in [0.717, 1.165) is 19.0 Å². The maximum absolute atomic E-state index is 11.3. The molecule has 0 unspecified atom stereocenters. The zero-order valence-electron chi connectivity index (χ0n) is 12.2. The molecule has 0 aliphatic heterocycles. The Kier molecular flexibility index (Phi) is 8.58. The molecule has 0 aromatic carbocycles. The fraction of sp³-hybridized carbons (Fsp3) is 0.929. The van der Waals surface area contributed by atoms with E-state index < -0.39 is 0 Å². The van der Waals surface area contributed by atoms with Gasteiger partial charge < -0.3 is 20.6 Å². The smallest absolute Gasteiger partial charge is 0.314 e. The summed E-state index contributed by atoms with van der Waals surface area (Å²) in [5, 5.41) is 14.2. The van der Waals surface area contributed by atoms with Crippen LogP contribution in [0.4, 0.5) is 4.79 Å². The van der Waals surface area contributed by atoms with Crippen LogP contribution >= 0.6 is 0 Å². The molecular weight excluding hydrogens is 242 g/mol. The minimum absolute atomic E-state index is 0.118. The number of urea groups is 1. The molecule has 5 nitrogen and oxygen atoms in total. The van der Waals surface area contributed by atoms with Crippen molar-refractivity contribution in [2.75, 3.05) is 33.3 Å². The first kappa shape index (κ1) is 16.2. The van der Waals surface area contributed by atoms with Gasteiger partial charge in [0.05, 0.1) is 0 Å². The van der Waals surface area contributed by atoms with E-state index in [9.17, 15) is 4.79 Å². The largest absolute Gasteiger partial charge is 0.396 e. The van der Waals surface area contributed by atoms with Crippen LogP contribution in [0, 0.1) is 0 Å². The van der Waals surface area contributed by atoms with Crippen LogP contribution in [0.25, 0.3) is 0 Å². The lowest BCUT2D eigenvalue weighted by atomic mass is 9.94. The van der Waals surface area contributed by atoms with Gasteiger partial charge in [0.1, 0.15) is 0 Å². The van der Waals surface area contributed by atoms with Crippen molar-refractivity contribution < 1.29 is 9.90 Å². The van der Waals surface area contributed by atoms with Crippen LogP contribution in [0.15, 0.2) is 0 Å². The predicted molar refractivity (Wildman–Crippen MR) is 77.2 cm³/mol. The van der Waals surface area contributed by atoms with Gasteiger partial charge in [-0.1, -0.05) is 19.3 Å². The molecule has 1 saturated carbocycles. The molecule has 112 valence electrons. The van der Waals surface area contributed by atoms with Gasteiger partial charge >= 0.3 is 6.03 Å². The maximum Gasteiger partial charge on any atom is 0.314 e. The quantitative estimate of drug-likeness (QED) is 0.583. The lowest BCUT2D eigenvalue weighted by molar-refractivity contribution is 0.189. The molecule has 0 saturated heterocycles. The van der Waals surface area contributed by atoms with Crippen LogP contribution in [-0.2, 0) is 0 Å². The normalized spacial score (nSPS) is 16.6. The van der Waals surface area contributed by atoms with Crippen LogP contribution in [-0.4, -0.2) is 55.4 Å². The van der Waals surface area contributed by atoms with E-state index in [1.807, 2.05) is 0 Å². The number of carbonyl (C=O) groups excluding carboxylic acids is 1. The van der Waals surface area contributed by atoms with E-state index in [2.05, 4.69) is 22.6 Å². The molecule has 2 amide bonds. The highest BCUT2D eigenvalue weighted by Gasteiger charge is 2.17. The molecule has 0 spiro atoms. The minimum atomic E-state index is -0.131.